The number of amides is 1. The fourth-order valence-corrected chi connectivity index (χ4v) is 7.88. The second-order valence-electron chi connectivity index (χ2n) is 8.26. The molecule has 3 fully saturated rings. The maximum absolute atomic E-state index is 13.1. The van der Waals surface area contributed by atoms with Crippen LogP contribution in [-0.4, -0.2) is 91.6 Å². The third-order valence-corrected chi connectivity index (χ3v) is 9.90. The molecule has 4 rings (SSSR count). The molecule has 30 heavy (non-hydrogen) atoms. The average molecular weight is 461 g/mol. The number of rotatable bonds is 6. The molecular formula is C18H28N4O6S2. The van der Waals surface area contributed by atoms with Gasteiger partial charge in [-0.2, -0.15) is 9.40 Å². The normalized spacial score (nSPS) is 24.8. The zero-order valence-corrected chi connectivity index (χ0v) is 18.9. The van der Waals surface area contributed by atoms with Crippen LogP contribution >= 0.6 is 0 Å². The zero-order valence-electron chi connectivity index (χ0n) is 17.3. The number of hydrogen-bond donors (Lipinski definition) is 0. The fourth-order valence-electron chi connectivity index (χ4n) is 4.39. The Labute approximate surface area is 177 Å². The molecule has 1 saturated carbocycles. The van der Waals surface area contributed by atoms with Gasteiger partial charge in [-0.1, -0.05) is 0 Å². The lowest BCUT2D eigenvalue weighted by Crippen LogP contribution is -2.44. The Hall–Kier alpha value is -1.50. The molecule has 0 spiro atoms. The number of carbonyl (C=O) groups excluding carboxylic acids is 1. The molecule has 0 radical (unpaired) electrons. The molecule has 0 N–H and O–H groups in total. The summed E-state index contributed by atoms with van der Waals surface area (Å²) in [7, 11) is -6.83. The highest BCUT2D eigenvalue weighted by atomic mass is 32.2. The summed E-state index contributed by atoms with van der Waals surface area (Å²) in [5.74, 6) is -0.0977. The van der Waals surface area contributed by atoms with E-state index in [-0.39, 0.29) is 54.0 Å². The van der Waals surface area contributed by atoms with E-state index >= 15 is 0 Å². The topological polar surface area (TPSA) is 119 Å². The van der Waals surface area contributed by atoms with Gasteiger partial charge in [0.25, 0.3) is 0 Å². The Morgan fingerprint density at radius 2 is 1.83 bits per heavy atom. The largest absolute Gasteiger partial charge is 0.379 e. The van der Waals surface area contributed by atoms with Crippen molar-refractivity contribution in [2.75, 3.05) is 37.8 Å². The molecule has 3 heterocycles. The average Bonchev–Trinajstić information content (AvgIpc) is 3.38. The first-order valence-electron chi connectivity index (χ1n) is 10.2. The van der Waals surface area contributed by atoms with Gasteiger partial charge in [-0.3, -0.25) is 9.48 Å². The Bertz CT molecular complexity index is 1040. The minimum Gasteiger partial charge on any atom is -0.379 e. The molecule has 1 aliphatic carbocycles. The lowest BCUT2D eigenvalue weighted by atomic mass is 10.2. The summed E-state index contributed by atoms with van der Waals surface area (Å²) < 4.78 is 58.1. The van der Waals surface area contributed by atoms with Gasteiger partial charge in [0, 0.05) is 25.2 Å². The van der Waals surface area contributed by atoms with Gasteiger partial charge in [-0.15, -0.1) is 0 Å². The van der Waals surface area contributed by atoms with Crippen molar-refractivity contribution in [1.29, 1.82) is 0 Å². The summed E-state index contributed by atoms with van der Waals surface area (Å²) in [6, 6.07) is -0.229. The van der Waals surface area contributed by atoms with Crippen LogP contribution in [0.1, 0.15) is 30.7 Å². The van der Waals surface area contributed by atoms with Crippen LogP contribution in [0.25, 0.3) is 0 Å². The van der Waals surface area contributed by atoms with Crippen molar-refractivity contribution in [1.82, 2.24) is 19.0 Å². The van der Waals surface area contributed by atoms with E-state index in [9.17, 15) is 21.6 Å². The van der Waals surface area contributed by atoms with Crippen LogP contribution in [0.2, 0.25) is 0 Å². The van der Waals surface area contributed by atoms with E-state index in [4.69, 9.17) is 4.74 Å². The number of carbonyl (C=O) groups is 1. The van der Waals surface area contributed by atoms with E-state index in [0.29, 0.717) is 31.0 Å². The van der Waals surface area contributed by atoms with Crippen molar-refractivity contribution in [2.45, 2.75) is 56.6 Å². The number of aryl methyl sites for hydroxylation is 1. The number of morpholine rings is 1. The summed E-state index contributed by atoms with van der Waals surface area (Å²) in [6.07, 6.45) is 2.20. The van der Waals surface area contributed by atoms with Crippen molar-refractivity contribution < 1.29 is 26.4 Å². The minimum absolute atomic E-state index is 0.00299. The molecule has 168 valence electrons. The molecule has 0 aromatic carbocycles. The van der Waals surface area contributed by atoms with E-state index in [1.807, 2.05) is 0 Å². The van der Waals surface area contributed by atoms with Gasteiger partial charge in [0.2, 0.25) is 15.9 Å². The molecule has 1 unspecified atom stereocenters. The number of aromatic nitrogens is 2. The highest BCUT2D eigenvalue weighted by Crippen LogP contribution is 2.33. The molecule has 12 heteroatoms. The second kappa shape index (κ2) is 7.88. The van der Waals surface area contributed by atoms with Crippen LogP contribution in [-0.2, 0) is 35.9 Å². The third-order valence-electron chi connectivity index (χ3n) is 6.00. The quantitative estimate of drug-likeness (QED) is 0.572. The number of ether oxygens (including phenoxy) is 1. The second-order valence-corrected chi connectivity index (χ2v) is 12.4. The number of sulfonamides is 1. The van der Waals surface area contributed by atoms with Crippen LogP contribution in [0.3, 0.4) is 0 Å². The van der Waals surface area contributed by atoms with Gasteiger partial charge in [-0.25, -0.2) is 16.8 Å². The first-order valence-corrected chi connectivity index (χ1v) is 13.5. The van der Waals surface area contributed by atoms with Gasteiger partial charge < -0.3 is 9.64 Å². The van der Waals surface area contributed by atoms with Crippen LogP contribution in [0.4, 0.5) is 0 Å². The summed E-state index contributed by atoms with van der Waals surface area (Å²) in [4.78, 5) is 15.0. The van der Waals surface area contributed by atoms with Crippen molar-refractivity contribution in [3.05, 3.63) is 11.4 Å². The lowest BCUT2D eigenvalue weighted by Gasteiger charge is -2.28. The van der Waals surface area contributed by atoms with Gasteiger partial charge in [0.05, 0.1) is 36.1 Å². The monoisotopic (exact) mass is 460 g/mol. The molecular weight excluding hydrogens is 432 g/mol. The molecule has 0 bridgehead atoms. The number of nitrogens with zero attached hydrogens (tertiary/aromatic N) is 4. The van der Waals surface area contributed by atoms with Crippen LogP contribution < -0.4 is 0 Å². The molecule has 1 aromatic rings. The highest BCUT2D eigenvalue weighted by molar-refractivity contribution is 7.91. The predicted octanol–water partition coefficient (Wildman–Crippen LogP) is -0.301. The number of sulfone groups is 1. The van der Waals surface area contributed by atoms with Gasteiger partial charge in [0.15, 0.2) is 9.84 Å². The maximum Gasteiger partial charge on any atom is 0.246 e. The van der Waals surface area contributed by atoms with Crippen molar-refractivity contribution >= 4 is 25.8 Å². The third kappa shape index (κ3) is 4.14. The van der Waals surface area contributed by atoms with E-state index in [2.05, 4.69) is 5.10 Å². The van der Waals surface area contributed by atoms with E-state index in [1.165, 1.54) is 8.99 Å². The Morgan fingerprint density at radius 3 is 2.40 bits per heavy atom. The standard InChI is InChI=1S/C18H28N4O6S2/c1-13-18(30(26,27)20-6-8-28-9-7-20)14(2)21(19-13)11-17(23)22(15-3-4-15)16-5-10-29(24,25)12-16/h15-16H,3-12H2,1-2H3. The van der Waals surface area contributed by atoms with Gasteiger partial charge in [-0.05, 0) is 33.1 Å². The lowest BCUT2D eigenvalue weighted by molar-refractivity contribution is -0.134. The van der Waals surface area contributed by atoms with Crippen molar-refractivity contribution in [2.24, 2.45) is 0 Å². The molecule has 2 aliphatic heterocycles. The smallest absolute Gasteiger partial charge is 0.246 e. The maximum atomic E-state index is 13.1. The summed E-state index contributed by atoms with van der Waals surface area (Å²) in [6.45, 7) is 4.47. The number of hydrogen-bond acceptors (Lipinski definition) is 7. The van der Waals surface area contributed by atoms with E-state index < -0.39 is 19.9 Å². The Morgan fingerprint density at radius 1 is 1.17 bits per heavy atom. The summed E-state index contributed by atoms with van der Waals surface area (Å²) in [5.41, 5.74) is 0.773. The van der Waals surface area contributed by atoms with Crippen molar-refractivity contribution in [3.8, 4) is 0 Å². The molecule has 1 amide bonds. The van der Waals surface area contributed by atoms with Crippen LogP contribution in [0, 0.1) is 13.8 Å². The predicted molar refractivity (Wildman–Crippen MR) is 108 cm³/mol. The summed E-state index contributed by atoms with van der Waals surface area (Å²) in [5, 5.41) is 4.34. The van der Waals surface area contributed by atoms with Crippen molar-refractivity contribution in [3.63, 3.8) is 0 Å². The molecule has 1 atom stereocenters. The van der Waals surface area contributed by atoms with Crippen LogP contribution in [0.5, 0.6) is 0 Å². The molecule has 1 aromatic heterocycles. The fraction of sp³-hybridized carbons (Fsp3) is 0.778. The zero-order chi connectivity index (χ0) is 21.7. The highest BCUT2D eigenvalue weighted by Gasteiger charge is 2.42. The van der Waals surface area contributed by atoms with Gasteiger partial charge in [0.1, 0.15) is 11.4 Å². The Kier molecular flexibility index (Phi) is 5.71. The summed E-state index contributed by atoms with van der Waals surface area (Å²) >= 11 is 0. The Balaban J connectivity index is 1.56. The van der Waals surface area contributed by atoms with E-state index in [0.717, 1.165) is 12.8 Å². The molecule has 10 nitrogen and oxygen atoms in total. The molecule has 3 aliphatic rings. The SMILES string of the molecule is Cc1nn(CC(=O)N(C2CC2)C2CCS(=O)(=O)C2)c(C)c1S(=O)(=O)N1CCOCC1. The molecule has 2 saturated heterocycles. The first kappa shape index (κ1) is 21.7. The van der Waals surface area contributed by atoms with Gasteiger partial charge >= 0.3 is 0 Å². The van der Waals surface area contributed by atoms with Crippen LogP contribution in [0.15, 0.2) is 4.90 Å². The first-order chi connectivity index (χ1) is 14.1. The van der Waals surface area contributed by atoms with E-state index in [1.54, 1.807) is 18.7 Å². The minimum atomic E-state index is -3.73.